The molecule has 0 fully saturated rings. The molecule has 3 aromatic rings. The molecule has 6 nitrogen and oxygen atoms in total. The van der Waals surface area contributed by atoms with Gasteiger partial charge in [-0.1, -0.05) is 19.0 Å². The van der Waals surface area contributed by atoms with Crippen LogP contribution in [-0.2, 0) is 6.42 Å². The predicted molar refractivity (Wildman–Crippen MR) is 90.2 cm³/mol. The summed E-state index contributed by atoms with van der Waals surface area (Å²) in [4.78, 5) is 23.6. The molecule has 24 heavy (non-hydrogen) atoms. The Morgan fingerprint density at radius 3 is 3.00 bits per heavy atom. The standard InChI is InChI=1S/C18H18N4O2/c1-10(2)16-15-13(8-11(3)20-17(15)24-21-16)18(23)22-7-5-12-4-6-19-9-14(12)22/h4,6,8-10H,5,7H2,1-3H3. The predicted octanol–water partition coefficient (Wildman–Crippen LogP) is 3.25. The number of hydrogen-bond donors (Lipinski definition) is 0. The van der Waals surface area contributed by atoms with Gasteiger partial charge in [0.25, 0.3) is 11.6 Å². The van der Waals surface area contributed by atoms with E-state index in [1.165, 1.54) is 0 Å². The van der Waals surface area contributed by atoms with Gasteiger partial charge in [-0.15, -0.1) is 0 Å². The minimum Gasteiger partial charge on any atom is -0.335 e. The number of pyridine rings is 2. The molecule has 122 valence electrons. The Bertz CT molecular complexity index is 945. The van der Waals surface area contributed by atoms with Gasteiger partial charge in [-0.3, -0.25) is 9.78 Å². The Labute approximate surface area is 139 Å². The van der Waals surface area contributed by atoms with Crippen LogP contribution in [0.1, 0.15) is 47.1 Å². The summed E-state index contributed by atoms with van der Waals surface area (Å²) in [7, 11) is 0. The second kappa shape index (κ2) is 5.40. The molecular formula is C18H18N4O2. The number of carbonyl (C=O) groups is 1. The highest BCUT2D eigenvalue weighted by Crippen LogP contribution is 2.32. The average molecular weight is 322 g/mol. The van der Waals surface area contributed by atoms with Gasteiger partial charge in [-0.2, -0.15) is 0 Å². The van der Waals surface area contributed by atoms with E-state index in [0.717, 1.165) is 34.4 Å². The van der Waals surface area contributed by atoms with E-state index in [0.29, 0.717) is 17.8 Å². The van der Waals surface area contributed by atoms with Gasteiger partial charge < -0.3 is 9.42 Å². The number of aryl methyl sites for hydroxylation is 1. The van der Waals surface area contributed by atoms with Crippen molar-refractivity contribution in [2.75, 3.05) is 11.4 Å². The second-order valence-electron chi connectivity index (χ2n) is 6.43. The normalized spacial score (nSPS) is 13.8. The van der Waals surface area contributed by atoms with Gasteiger partial charge in [0.05, 0.1) is 28.5 Å². The van der Waals surface area contributed by atoms with E-state index in [1.807, 2.05) is 32.9 Å². The van der Waals surface area contributed by atoms with Crippen LogP contribution < -0.4 is 4.90 Å². The van der Waals surface area contributed by atoms with Crippen LogP contribution in [0.25, 0.3) is 11.1 Å². The van der Waals surface area contributed by atoms with Gasteiger partial charge >= 0.3 is 0 Å². The molecule has 4 heterocycles. The zero-order valence-electron chi connectivity index (χ0n) is 13.9. The molecule has 0 saturated heterocycles. The van der Waals surface area contributed by atoms with Crippen LogP contribution in [0.5, 0.6) is 0 Å². The lowest BCUT2D eigenvalue weighted by Crippen LogP contribution is -2.29. The first-order valence-electron chi connectivity index (χ1n) is 8.08. The number of aromatic nitrogens is 3. The number of fused-ring (bicyclic) bond motifs is 2. The van der Waals surface area contributed by atoms with Crippen LogP contribution in [-0.4, -0.2) is 27.6 Å². The number of anilines is 1. The molecule has 1 amide bonds. The summed E-state index contributed by atoms with van der Waals surface area (Å²) in [5.41, 5.74) is 4.56. The molecule has 0 bridgehead atoms. The molecule has 1 aliphatic rings. The van der Waals surface area contributed by atoms with Gasteiger partial charge in [-0.05, 0) is 37.0 Å². The fourth-order valence-corrected chi connectivity index (χ4v) is 3.24. The van der Waals surface area contributed by atoms with Crippen LogP contribution in [0.2, 0.25) is 0 Å². The summed E-state index contributed by atoms with van der Waals surface area (Å²) in [5, 5.41) is 4.85. The third-order valence-electron chi connectivity index (χ3n) is 4.41. The Balaban J connectivity index is 1.87. The third kappa shape index (κ3) is 2.18. The van der Waals surface area contributed by atoms with Crippen molar-refractivity contribution in [3.63, 3.8) is 0 Å². The SMILES string of the molecule is Cc1cc(C(=O)N2CCc3ccncc32)c2c(C(C)C)noc2n1. The molecule has 0 N–H and O–H groups in total. The minimum absolute atomic E-state index is 0.0534. The van der Waals surface area contributed by atoms with E-state index in [-0.39, 0.29) is 11.8 Å². The lowest BCUT2D eigenvalue weighted by Gasteiger charge is -2.18. The number of hydrogen-bond acceptors (Lipinski definition) is 5. The van der Waals surface area contributed by atoms with Gasteiger partial charge in [-0.25, -0.2) is 4.98 Å². The molecule has 0 atom stereocenters. The van der Waals surface area contributed by atoms with Crippen molar-refractivity contribution in [2.45, 2.75) is 33.1 Å². The second-order valence-corrected chi connectivity index (χ2v) is 6.43. The molecule has 4 rings (SSSR count). The van der Waals surface area contributed by atoms with E-state index in [4.69, 9.17) is 4.52 Å². The van der Waals surface area contributed by atoms with Crippen molar-refractivity contribution in [2.24, 2.45) is 0 Å². The highest BCUT2D eigenvalue weighted by atomic mass is 16.5. The van der Waals surface area contributed by atoms with Gasteiger partial charge in [0.1, 0.15) is 0 Å². The molecule has 0 aliphatic carbocycles. The van der Waals surface area contributed by atoms with Crippen LogP contribution in [0.3, 0.4) is 0 Å². The van der Waals surface area contributed by atoms with Crippen LogP contribution >= 0.6 is 0 Å². The van der Waals surface area contributed by atoms with Crippen LogP contribution in [0.15, 0.2) is 29.0 Å². The summed E-state index contributed by atoms with van der Waals surface area (Å²) in [6, 6.07) is 3.79. The van der Waals surface area contributed by atoms with Crippen LogP contribution in [0, 0.1) is 6.92 Å². The Hall–Kier alpha value is -2.76. The summed E-state index contributed by atoms with van der Waals surface area (Å²) in [5.74, 6) is 0.0946. The van der Waals surface area contributed by atoms with Crippen molar-refractivity contribution < 1.29 is 9.32 Å². The number of amides is 1. The zero-order valence-corrected chi connectivity index (χ0v) is 13.9. The van der Waals surface area contributed by atoms with E-state index < -0.39 is 0 Å². The minimum atomic E-state index is -0.0534. The molecule has 0 saturated carbocycles. The van der Waals surface area contributed by atoms with Gasteiger partial charge in [0.15, 0.2) is 0 Å². The molecule has 0 unspecified atom stereocenters. The summed E-state index contributed by atoms with van der Waals surface area (Å²) in [6.45, 7) is 6.57. The highest BCUT2D eigenvalue weighted by molar-refractivity contribution is 6.14. The zero-order chi connectivity index (χ0) is 16.8. The molecular weight excluding hydrogens is 304 g/mol. The lowest BCUT2D eigenvalue weighted by atomic mass is 10.0. The summed E-state index contributed by atoms with van der Waals surface area (Å²) >= 11 is 0. The van der Waals surface area contributed by atoms with Crippen LogP contribution in [0.4, 0.5) is 5.69 Å². The quantitative estimate of drug-likeness (QED) is 0.724. The average Bonchev–Trinajstić information content (AvgIpc) is 3.17. The topological polar surface area (TPSA) is 72.1 Å². The summed E-state index contributed by atoms with van der Waals surface area (Å²) < 4.78 is 5.37. The van der Waals surface area contributed by atoms with Gasteiger partial charge in [0, 0.05) is 18.4 Å². The number of rotatable bonds is 2. The van der Waals surface area contributed by atoms with Gasteiger partial charge in [0.2, 0.25) is 0 Å². The number of nitrogens with zero attached hydrogens (tertiary/aromatic N) is 4. The maximum atomic E-state index is 13.2. The van der Waals surface area contributed by atoms with Crippen molar-refractivity contribution >= 4 is 22.7 Å². The Kier molecular flexibility index (Phi) is 3.33. The largest absolute Gasteiger partial charge is 0.335 e. The van der Waals surface area contributed by atoms with Crippen molar-refractivity contribution in [3.8, 4) is 0 Å². The monoisotopic (exact) mass is 322 g/mol. The lowest BCUT2D eigenvalue weighted by molar-refractivity contribution is 0.0990. The molecule has 1 aliphatic heterocycles. The van der Waals surface area contributed by atoms with E-state index in [2.05, 4.69) is 15.1 Å². The van der Waals surface area contributed by atoms with Crippen molar-refractivity contribution in [1.29, 1.82) is 0 Å². The molecule has 3 aromatic heterocycles. The first-order chi connectivity index (χ1) is 11.6. The molecule has 6 heteroatoms. The first kappa shape index (κ1) is 14.8. The fraction of sp³-hybridized carbons (Fsp3) is 0.333. The Morgan fingerprint density at radius 1 is 1.38 bits per heavy atom. The Morgan fingerprint density at radius 2 is 2.21 bits per heavy atom. The van der Waals surface area contributed by atoms with Crippen molar-refractivity contribution in [3.05, 3.63) is 47.0 Å². The van der Waals surface area contributed by atoms with Crippen molar-refractivity contribution in [1.82, 2.24) is 15.1 Å². The molecule has 0 aromatic carbocycles. The summed E-state index contributed by atoms with van der Waals surface area (Å²) in [6.07, 6.45) is 4.36. The fourth-order valence-electron chi connectivity index (χ4n) is 3.24. The maximum Gasteiger partial charge on any atom is 0.259 e. The maximum absolute atomic E-state index is 13.2. The van der Waals surface area contributed by atoms with E-state index in [9.17, 15) is 4.79 Å². The molecule has 0 radical (unpaired) electrons. The highest BCUT2D eigenvalue weighted by Gasteiger charge is 2.29. The van der Waals surface area contributed by atoms with E-state index >= 15 is 0 Å². The molecule has 0 spiro atoms. The smallest absolute Gasteiger partial charge is 0.259 e. The third-order valence-corrected chi connectivity index (χ3v) is 4.41. The van der Waals surface area contributed by atoms with E-state index in [1.54, 1.807) is 17.3 Å². The number of carbonyl (C=O) groups excluding carboxylic acids is 1. The first-order valence-corrected chi connectivity index (χ1v) is 8.08.